The first-order valence-electron chi connectivity index (χ1n) is 9.53. The minimum atomic E-state index is -3.55. The number of aromatic nitrogens is 3. The van der Waals surface area contributed by atoms with Crippen LogP contribution in [-0.4, -0.2) is 58.9 Å². The van der Waals surface area contributed by atoms with Crippen LogP contribution in [0.3, 0.4) is 0 Å². The molecule has 1 aromatic carbocycles. The van der Waals surface area contributed by atoms with Gasteiger partial charge >= 0.3 is 0 Å². The summed E-state index contributed by atoms with van der Waals surface area (Å²) in [5, 5.41) is 6.82. The summed E-state index contributed by atoms with van der Waals surface area (Å²) in [7, 11) is -1.93. The third-order valence-electron chi connectivity index (χ3n) is 4.96. The highest BCUT2D eigenvalue weighted by Gasteiger charge is 2.35. The van der Waals surface area contributed by atoms with Crippen molar-refractivity contribution >= 4 is 15.7 Å². The molecule has 3 rings (SSSR count). The van der Waals surface area contributed by atoms with Crippen molar-refractivity contribution in [3.05, 3.63) is 36.2 Å². The predicted molar refractivity (Wildman–Crippen MR) is 104 cm³/mol. The van der Waals surface area contributed by atoms with Gasteiger partial charge in [0.25, 0.3) is 5.91 Å². The maximum absolute atomic E-state index is 12.7. The van der Waals surface area contributed by atoms with Crippen molar-refractivity contribution < 1.29 is 17.9 Å². The summed E-state index contributed by atoms with van der Waals surface area (Å²) in [5.41, 5.74) is 0.581. The third kappa shape index (κ3) is 4.35. The second-order valence-electron chi connectivity index (χ2n) is 6.99. The third-order valence-corrected chi connectivity index (χ3v) is 7.19. The summed E-state index contributed by atoms with van der Waals surface area (Å²) >= 11 is 0. The quantitative estimate of drug-likeness (QED) is 0.654. The van der Waals surface area contributed by atoms with Crippen molar-refractivity contribution in [1.29, 1.82) is 0 Å². The molecule has 0 aliphatic carbocycles. The Balaban J connectivity index is 1.59. The zero-order valence-electron chi connectivity index (χ0n) is 16.2. The molecule has 8 nitrogen and oxygen atoms in total. The van der Waals surface area contributed by atoms with Gasteiger partial charge in [-0.05, 0) is 43.5 Å². The van der Waals surface area contributed by atoms with Crippen LogP contribution in [0, 0.1) is 0 Å². The molecule has 0 bridgehead atoms. The van der Waals surface area contributed by atoms with E-state index in [9.17, 15) is 13.2 Å². The molecule has 0 N–H and O–H groups in total. The van der Waals surface area contributed by atoms with Crippen LogP contribution < -0.4 is 4.74 Å². The Bertz CT molecular complexity index is 900. The molecular formula is C19H26N4O4S. The number of likely N-dealkylation sites (tertiary alicyclic amines) is 1. The molecule has 0 radical (unpaired) electrons. The molecule has 2 aromatic rings. The van der Waals surface area contributed by atoms with E-state index in [0.29, 0.717) is 38.1 Å². The van der Waals surface area contributed by atoms with E-state index >= 15 is 0 Å². The van der Waals surface area contributed by atoms with E-state index in [-0.39, 0.29) is 11.1 Å². The highest BCUT2D eigenvalue weighted by molar-refractivity contribution is 7.91. The van der Waals surface area contributed by atoms with Gasteiger partial charge in [-0.15, -0.1) is 10.2 Å². The molecular weight excluding hydrogens is 380 g/mol. The number of nitrogens with zero attached hydrogens (tertiary/aromatic N) is 4. The van der Waals surface area contributed by atoms with E-state index < -0.39 is 15.1 Å². The highest BCUT2D eigenvalue weighted by atomic mass is 32.2. The van der Waals surface area contributed by atoms with Gasteiger partial charge in [-0.1, -0.05) is 13.3 Å². The van der Waals surface area contributed by atoms with Gasteiger partial charge in [0, 0.05) is 25.7 Å². The molecule has 0 saturated carbocycles. The first kappa shape index (κ1) is 20.3. The largest absolute Gasteiger partial charge is 0.494 e. The van der Waals surface area contributed by atoms with Crippen molar-refractivity contribution in [2.45, 2.75) is 43.0 Å². The summed E-state index contributed by atoms with van der Waals surface area (Å²) in [4.78, 5) is 14.4. The van der Waals surface area contributed by atoms with Crippen LogP contribution in [0.15, 0.2) is 35.7 Å². The number of piperidine rings is 1. The maximum atomic E-state index is 12.7. The molecule has 1 aromatic heterocycles. The topological polar surface area (TPSA) is 94.4 Å². The molecule has 2 heterocycles. The monoisotopic (exact) mass is 406 g/mol. The molecule has 1 fully saturated rings. The molecule has 0 spiro atoms. The van der Waals surface area contributed by atoms with Crippen molar-refractivity contribution in [2.24, 2.45) is 7.05 Å². The number of benzene rings is 1. The number of sulfone groups is 1. The van der Waals surface area contributed by atoms with E-state index in [4.69, 9.17) is 4.74 Å². The molecule has 9 heteroatoms. The Morgan fingerprint density at radius 3 is 2.46 bits per heavy atom. The van der Waals surface area contributed by atoms with Crippen LogP contribution in [0.5, 0.6) is 5.75 Å². The zero-order valence-corrected chi connectivity index (χ0v) is 17.1. The fourth-order valence-corrected chi connectivity index (χ4v) is 5.00. The lowest BCUT2D eigenvalue weighted by Crippen LogP contribution is -2.42. The minimum Gasteiger partial charge on any atom is -0.494 e. The van der Waals surface area contributed by atoms with Crippen molar-refractivity contribution in [1.82, 2.24) is 19.7 Å². The van der Waals surface area contributed by atoms with Crippen LogP contribution in [0.2, 0.25) is 0 Å². The number of hydrogen-bond acceptors (Lipinski definition) is 6. The Kier molecular flexibility index (Phi) is 6.33. The molecule has 28 heavy (non-hydrogen) atoms. The molecule has 1 saturated heterocycles. The average molecular weight is 407 g/mol. The Morgan fingerprint density at radius 1 is 1.21 bits per heavy atom. The number of hydrogen-bond donors (Lipinski definition) is 0. The second-order valence-corrected chi connectivity index (χ2v) is 9.11. The van der Waals surface area contributed by atoms with E-state index in [0.717, 1.165) is 18.6 Å². The molecule has 0 atom stereocenters. The Morgan fingerprint density at radius 2 is 1.89 bits per heavy atom. The van der Waals surface area contributed by atoms with Crippen molar-refractivity contribution in [3.63, 3.8) is 0 Å². The minimum absolute atomic E-state index is 0.0176. The summed E-state index contributed by atoms with van der Waals surface area (Å²) in [6.07, 6.45) is 4.21. The average Bonchev–Trinajstić information content (AvgIpc) is 3.15. The van der Waals surface area contributed by atoms with Crippen LogP contribution in [0.25, 0.3) is 0 Å². The lowest BCUT2D eigenvalue weighted by molar-refractivity contribution is 0.0725. The van der Waals surface area contributed by atoms with Gasteiger partial charge in [-0.2, -0.15) is 0 Å². The van der Waals surface area contributed by atoms with Gasteiger partial charge in [0.05, 0.1) is 11.9 Å². The molecule has 152 valence electrons. The normalized spacial score (nSPS) is 15.6. The van der Waals surface area contributed by atoms with Crippen LogP contribution in [0.1, 0.15) is 43.0 Å². The molecule has 1 aliphatic rings. The van der Waals surface area contributed by atoms with Gasteiger partial charge in [-0.3, -0.25) is 4.79 Å². The van der Waals surface area contributed by atoms with E-state index in [2.05, 4.69) is 17.1 Å². The summed E-state index contributed by atoms with van der Waals surface area (Å²) in [5.74, 6) is 0.660. The van der Waals surface area contributed by atoms with Gasteiger partial charge < -0.3 is 14.2 Å². The summed E-state index contributed by atoms with van der Waals surface area (Å²) < 4.78 is 32.5. The number of rotatable bonds is 7. The van der Waals surface area contributed by atoms with Crippen LogP contribution >= 0.6 is 0 Å². The van der Waals surface area contributed by atoms with Crippen LogP contribution in [0.4, 0.5) is 0 Å². The number of aryl methyl sites for hydroxylation is 1. The van der Waals surface area contributed by atoms with E-state index in [1.807, 2.05) is 0 Å². The molecule has 1 amide bonds. The SMILES string of the molecule is CCCCOc1ccc(C(=O)N2CCC(S(=O)(=O)c3nncn3C)CC2)cc1. The fraction of sp³-hybridized carbons (Fsp3) is 0.526. The first-order chi connectivity index (χ1) is 13.4. The van der Waals surface area contributed by atoms with E-state index in [1.54, 1.807) is 36.2 Å². The van der Waals surface area contributed by atoms with Gasteiger partial charge in [0.1, 0.15) is 12.1 Å². The van der Waals surface area contributed by atoms with Gasteiger partial charge in [0.15, 0.2) is 0 Å². The lowest BCUT2D eigenvalue weighted by atomic mass is 10.1. The number of amides is 1. The number of unbranched alkanes of at least 4 members (excludes halogenated alkanes) is 1. The standard InChI is InChI=1S/C19H26N4O4S/c1-3-4-13-27-16-7-5-15(6-8-16)18(24)23-11-9-17(10-12-23)28(25,26)19-21-20-14-22(19)2/h5-8,14,17H,3-4,9-13H2,1-2H3. The maximum Gasteiger partial charge on any atom is 0.253 e. The predicted octanol–water partition coefficient (Wildman–Crippen LogP) is 2.07. The number of carbonyl (C=O) groups excluding carboxylic acids is 1. The zero-order chi connectivity index (χ0) is 20.1. The van der Waals surface area contributed by atoms with Gasteiger partial charge in [0.2, 0.25) is 15.0 Å². The van der Waals surface area contributed by atoms with Gasteiger partial charge in [-0.25, -0.2) is 8.42 Å². The number of carbonyl (C=O) groups is 1. The van der Waals surface area contributed by atoms with Crippen molar-refractivity contribution in [3.8, 4) is 5.75 Å². The smallest absolute Gasteiger partial charge is 0.253 e. The fourth-order valence-electron chi connectivity index (χ4n) is 3.26. The Labute approximate surface area is 165 Å². The molecule has 1 aliphatic heterocycles. The summed E-state index contributed by atoms with van der Waals surface area (Å²) in [6.45, 7) is 3.56. The van der Waals surface area contributed by atoms with E-state index in [1.165, 1.54) is 10.9 Å². The lowest BCUT2D eigenvalue weighted by Gasteiger charge is -2.31. The second kappa shape index (κ2) is 8.72. The molecule has 0 unspecified atom stereocenters. The summed E-state index contributed by atoms with van der Waals surface area (Å²) in [6, 6.07) is 7.11. The first-order valence-corrected chi connectivity index (χ1v) is 11.1. The highest BCUT2D eigenvalue weighted by Crippen LogP contribution is 2.24. The van der Waals surface area contributed by atoms with Crippen molar-refractivity contribution in [2.75, 3.05) is 19.7 Å². The number of ether oxygens (including phenoxy) is 1. The van der Waals surface area contributed by atoms with Crippen LogP contribution in [-0.2, 0) is 16.9 Å². The Hall–Kier alpha value is -2.42.